The van der Waals surface area contributed by atoms with E-state index < -0.39 is 7.60 Å². The lowest BCUT2D eigenvalue weighted by molar-refractivity contribution is 0.103. The van der Waals surface area contributed by atoms with Gasteiger partial charge >= 0.3 is 7.60 Å². The molecule has 76 valence electrons. The highest BCUT2D eigenvalue weighted by Crippen LogP contribution is 2.51. The second-order valence-electron chi connectivity index (χ2n) is 2.66. The lowest BCUT2D eigenvalue weighted by Crippen LogP contribution is -2.16. The highest BCUT2D eigenvalue weighted by molar-refractivity contribution is 7.57. The first kappa shape index (κ1) is 10.9. The fourth-order valence-electron chi connectivity index (χ4n) is 0.990. The monoisotopic (exact) mass is 206 g/mol. The van der Waals surface area contributed by atoms with Crippen LogP contribution in [-0.4, -0.2) is 26.4 Å². The van der Waals surface area contributed by atoms with E-state index in [2.05, 4.69) is 0 Å². The predicted molar refractivity (Wildman–Crippen MR) is 49.8 cm³/mol. The maximum Gasteiger partial charge on any atom is 0.354 e. The molecule has 0 aliphatic carbocycles. The molecule has 1 rings (SSSR count). The van der Waals surface area contributed by atoms with Gasteiger partial charge in [-0.3, -0.25) is 4.57 Å². The topological polar surface area (TPSA) is 44.8 Å². The average Bonchev–Trinajstić information content (AvgIpc) is 1.98. The van der Waals surface area contributed by atoms with Crippen molar-refractivity contribution in [3.63, 3.8) is 0 Å². The van der Waals surface area contributed by atoms with E-state index in [1.807, 2.05) is 0 Å². The van der Waals surface area contributed by atoms with Gasteiger partial charge in [0.2, 0.25) is 0 Å². The summed E-state index contributed by atoms with van der Waals surface area (Å²) >= 11 is 0. The molecule has 4 nitrogen and oxygen atoms in total. The summed E-state index contributed by atoms with van der Waals surface area (Å²) in [5.74, 6) is 1.57. The van der Waals surface area contributed by atoms with Crippen LogP contribution in [0.5, 0.6) is 0 Å². The van der Waals surface area contributed by atoms with Gasteiger partial charge in [0.25, 0.3) is 0 Å². The van der Waals surface area contributed by atoms with Crippen LogP contribution in [-0.2, 0) is 18.3 Å². The Morgan fingerprint density at radius 2 is 1.92 bits per heavy atom. The van der Waals surface area contributed by atoms with Gasteiger partial charge in [0, 0.05) is 5.82 Å². The quantitative estimate of drug-likeness (QED) is 0.646. The Morgan fingerprint density at radius 1 is 1.38 bits per heavy atom. The van der Waals surface area contributed by atoms with Crippen LogP contribution in [0.15, 0.2) is 11.4 Å². The average molecular weight is 206 g/mol. The molecule has 0 bridgehead atoms. The summed E-state index contributed by atoms with van der Waals surface area (Å²) in [5.41, 5.74) is 0.991. The summed E-state index contributed by atoms with van der Waals surface area (Å²) in [4.78, 5) is 0. The van der Waals surface area contributed by atoms with E-state index in [-0.39, 0.29) is 0 Å². The molecular formula is C8H15O4P. The number of rotatable bonds is 5. The van der Waals surface area contributed by atoms with Gasteiger partial charge < -0.3 is 13.8 Å². The molecule has 0 atom stereocenters. The van der Waals surface area contributed by atoms with Gasteiger partial charge in [-0.2, -0.15) is 0 Å². The molecule has 5 heteroatoms. The zero-order chi connectivity index (χ0) is 9.73. The lowest BCUT2D eigenvalue weighted by atomic mass is 10.3. The van der Waals surface area contributed by atoms with Gasteiger partial charge in [-0.05, 0) is 19.4 Å². The van der Waals surface area contributed by atoms with Crippen LogP contribution >= 0.6 is 7.60 Å². The van der Waals surface area contributed by atoms with Crippen molar-refractivity contribution >= 4 is 7.60 Å². The number of hydrogen-bond acceptors (Lipinski definition) is 4. The molecule has 0 unspecified atom stereocenters. The van der Waals surface area contributed by atoms with E-state index in [9.17, 15) is 4.57 Å². The van der Waals surface area contributed by atoms with Gasteiger partial charge in [0.05, 0.1) is 26.4 Å². The van der Waals surface area contributed by atoms with E-state index >= 15 is 0 Å². The summed E-state index contributed by atoms with van der Waals surface area (Å²) < 4.78 is 26.9. The molecule has 0 amide bonds. The maximum atomic E-state index is 11.8. The molecule has 13 heavy (non-hydrogen) atoms. The number of ether oxygens (including phenoxy) is 1. The Bertz CT molecular complexity index is 220. The zero-order valence-corrected chi connectivity index (χ0v) is 8.88. The minimum atomic E-state index is -2.98. The Kier molecular flexibility index (Phi) is 4.13. The van der Waals surface area contributed by atoms with Gasteiger partial charge in [0.15, 0.2) is 0 Å². The van der Waals surface area contributed by atoms with Gasteiger partial charge in [-0.15, -0.1) is 0 Å². The van der Waals surface area contributed by atoms with Crippen molar-refractivity contribution in [2.24, 2.45) is 0 Å². The van der Waals surface area contributed by atoms with E-state index in [1.54, 1.807) is 19.7 Å². The van der Waals surface area contributed by atoms with Crippen LogP contribution in [0.1, 0.15) is 13.8 Å². The number of hydrogen-bond donors (Lipinski definition) is 0. The molecule has 0 N–H and O–H groups in total. The van der Waals surface area contributed by atoms with E-state index in [1.165, 1.54) is 0 Å². The van der Waals surface area contributed by atoms with Gasteiger partial charge in [-0.25, -0.2) is 0 Å². The molecule has 1 heterocycles. The highest BCUT2D eigenvalue weighted by Gasteiger charge is 2.23. The van der Waals surface area contributed by atoms with Gasteiger partial charge in [-0.1, -0.05) is 0 Å². The first-order chi connectivity index (χ1) is 6.20. The Balaban J connectivity index is 2.59. The molecule has 0 spiro atoms. The summed E-state index contributed by atoms with van der Waals surface area (Å²) in [6.45, 7) is 5.46. The second kappa shape index (κ2) is 4.91. The molecule has 1 saturated heterocycles. The molecule has 0 saturated carbocycles. The van der Waals surface area contributed by atoms with Gasteiger partial charge in [0.1, 0.15) is 0 Å². The summed E-state index contributed by atoms with van der Waals surface area (Å²) in [7, 11) is -2.98. The lowest BCUT2D eigenvalue weighted by Gasteiger charge is -2.20. The minimum absolute atomic E-state index is 0.391. The van der Waals surface area contributed by atoms with Crippen molar-refractivity contribution in [2.45, 2.75) is 13.8 Å². The van der Waals surface area contributed by atoms with Crippen LogP contribution in [0.3, 0.4) is 0 Å². The summed E-state index contributed by atoms with van der Waals surface area (Å²) in [5, 5.41) is 0. The standard InChI is InChI=1S/C8H15O4P/c1-3-11-13(9,12-4-2)7-8-5-10-6-8/h7H,3-6H2,1-2H3. The van der Waals surface area contributed by atoms with Crippen molar-refractivity contribution < 1.29 is 18.3 Å². The van der Waals surface area contributed by atoms with Crippen LogP contribution in [0.2, 0.25) is 0 Å². The first-order valence-electron chi connectivity index (χ1n) is 4.37. The molecule has 1 aliphatic heterocycles. The summed E-state index contributed by atoms with van der Waals surface area (Å²) in [6.07, 6.45) is 0. The second-order valence-corrected chi connectivity index (χ2v) is 4.51. The highest BCUT2D eigenvalue weighted by atomic mass is 31.2. The Labute approximate surface area is 78.4 Å². The first-order valence-corrected chi connectivity index (χ1v) is 5.98. The third-order valence-corrected chi connectivity index (χ3v) is 3.45. The van der Waals surface area contributed by atoms with Crippen LogP contribution in [0, 0.1) is 0 Å². The third-order valence-electron chi connectivity index (χ3n) is 1.53. The molecule has 1 fully saturated rings. The molecule has 1 aliphatic rings. The maximum absolute atomic E-state index is 11.8. The summed E-state index contributed by atoms with van der Waals surface area (Å²) in [6, 6.07) is 0. The van der Waals surface area contributed by atoms with Crippen molar-refractivity contribution in [1.29, 1.82) is 0 Å². The normalized spacial score (nSPS) is 16.9. The predicted octanol–water partition coefficient (Wildman–Crippen LogP) is 2.17. The largest absolute Gasteiger partial charge is 0.373 e. The fourth-order valence-corrected chi connectivity index (χ4v) is 2.53. The zero-order valence-electron chi connectivity index (χ0n) is 7.99. The van der Waals surface area contributed by atoms with Crippen molar-refractivity contribution in [3.05, 3.63) is 11.4 Å². The molecule has 0 aromatic carbocycles. The van der Waals surface area contributed by atoms with Crippen molar-refractivity contribution in [3.8, 4) is 0 Å². The molecule has 0 radical (unpaired) electrons. The molecular weight excluding hydrogens is 191 g/mol. The Morgan fingerprint density at radius 3 is 2.23 bits per heavy atom. The van der Waals surface area contributed by atoms with E-state index in [0.717, 1.165) is 5.57 Å². The third kappa shape index (κ3) is 3.24. The van der Waals surface area contributed by atoms with Crippen molar-refractivity contribution in [2.75, 3.05) is 26.4 Å². The minimum Gasteiger partial charge on any atom is -0.373 e. The molecule has 0 aromatic heterocycles. The van der Waals surface area contributed by atoms with E-state index in [0.29, 0.717) is 26.4 Å². The van der Waals surface area contributed by atoms with Crippen molar-refractivity contribution in [1.82, 2.24) is 0 Å². The van der Waals surface area contributed by atoms with Crippen LogP contribution in [0.25, 0.3) is 0 Å². The SMILES string of the molecule is CCOP(=O)(C=C1COC1)OCC. The Hall–Kier alpha value is -0.150. The molecule has 0 aromatic rings. The fraction of sp³-hybridized carbons (Fsp3) is 0.750. The van der Waals surface area contributed by atoms with Crippen LogP contribution < -0.4 is 0 Å². The smallest absolute Gasteiger partial charge is 0.354 e. The van der Waals surface area contributed by atoms with E-state index in [4.69, 9.17) is 13.8 Å². The van der Waals surface area contributed by atoms with Crippen LogP contribution in [0.4, 0.5) is 0 Å².